The van der Waals surface area contributed by atoms with E-state index in [-0.39, 0.29) is 42.5 Å². The van der Waals surface area contributed by atoms with E-state index in [1.807, 2.05) is 66.8 Å². The molecule has 0 aliphatic carbocycles. The van der Waals surface area contributed by atoms with E-state index in [0.717, 1.165) is 24.2 Å². The van der Waals surface area contributed by atoms with Crippen molar-refractivity contribution in [2.75, 3.05) is 0 Å². The van der Waals surface area contributed by atoms with E-state index in [2.05, 4.69) is 44.0 Å². The van der Waals surface area contributed by atoms with Crippen molar-refractivity contribution in [3.05, 3.63) is 64.4 Å². The molecule has 0 amide bonds. The largest absolute Gasteiger partial charge is 0.512 e. The van der Waals surface area contributed by atoms with Gasteiger partial charge in [0, 0.05) is 70.0 Å². The molecule has 0 aliphatic rings. The Kier molecular flexibility index (Phi) is 12.2. The second-order valence-corrected chi connectivity index (χ2v) is 12.2. The SMILES string of the molecule is CCC(C)(C)C(=O)/C=C(\O)C(C)(C)CC.Cc1[c-]c(Oc2cc3sc(C(C)C)cc3cn2)cc(C)c1.[Ir]. The predicted molar refractivity (Wildman–Crippen MR) is 152 cm³/mol. The fourth-order valence-corrected chi connectivity index (χ4v) is 4.24. The number of nitrogens with zero attached hydrogens (tertiary/aromatic N) is 1. The van der Waals surface area contributed by atoms with Gasteiger partial charge in [0.25, 0.3) is 0 Å². The van der Waals surface area contributed by atoms with E-state index in [9.17, 15) is 9.90 Å². The summed E-state index contributed by atoms with van der Waals surface area (Å²) >= 11 is 1.81. The van der Waals surface area contributed by atoms with Gasteiger partial charge in [0.15, 0.2) is 5.78 Å². The van der Waals surface area contributed by atoms with E-state index in [1.54, 1.807) is 11.3 Å². The fraction of sp³-hybridized carbons (Fsp3) is 0.484. The first kappa shape index (κ1) is 33.0. The molecular weight excluding hydrogens is 659 g/mol. The Morgan fingerprint density at radius 3 is 2.24 bits per heavy atom. The maximum Gasteiger partial charge on any atom is 0.218 e. The van der Waals surface area contributed by atoms with Crippen molar-refractivity contribution >= 4 is 27.2 Å². The number of hydrogen-bond donors (Lipinski definition) is 1. The van der Waals surface area contributed by atoms with Crippen molar-refractivity contribution in [2.24, 2.45) is 10.8 Å². The van der Waals surface area contributed by atoms with Crippen LogP contribution in [-0.2, 0) is 24.9 Å². The first-order chi connectivity index (χ1) is 16.7. The third-order valence-corrected chi connectivity index (χ3v) is 8.10. The van der Waals surface area contributed by atoms with Crippen LogP contribution >= 0.6 is 11.3 Å². The van der Waals surface area contributed by atoms with Gasteiger partial charge in [-0.1, -0.05) is 69.2 Å². The van der Waals surface area contributed by atoms with E-state index in [1.165, 1.54) is 26.6 Å². The molecule has 0 saturated heterocycles. The zero-order valence-corrected chi connectivity index (χ0v) is 27.1. The number of ketones is 1. The summed E-state index contributed by atoms with van der Waals surface area (Å²) in [5.74, 6) is 2.08. The van der Waals surface area contributed by atoms with Gasteiger partial charge in [-0.15, -0.1) is 23.5 Å². The van der Waals surface area contributed by atoms with Gasteiger partial charge in [0.1, 0.15) is 5.76 Å². The van der Waals surface area contributed by atoms with Crippen LogP contribution in [0.15, 0.2) is 42.3 Å². The van der Waals surface area contributed by atoms with Crippen LogP contribution in [0.5, 0.6) is 11.6 Å². The Labute approximate surface area is 240 Å². The van der Waals surface area contributed by atoms with E-state index >= 15 is 0 Å². The fourth-order valence-electron chi connectivity index (χ4n) is 3.17. The molecule has 2 heterocycles. The number of ether oxygens (including phenoxy) is 1. The summed E-state index contributed by atoms with van der Waals surface area (Å²) in [6.07, 6.45) is 4.88. The average molecular weight is 701 g/mol. The summed E-state index contributed by atoms with van der Waals surface area (Å²) in [6, 6.07) is 11.5. The number of aromatic nitrogens is 1. The molecule has 6 heteroatoms. The van der Waals surface area contributed by atoms with Crippen LogP contribution in [0.4, 0.5) is 0 Å². The van der Waals surface area contributed by atoms with Crippen molar-refractivity contribution in [3.63, 3.8) is 0 Å². The quantitative estimate of drug-likeness (QED) is 0.145. The topological polar surface area (TPSA) is 59.4 Å². The Hall–Kier alpha value is -2.01. The molecule has 0 saturated carbocycles. The first-order valence-electron chi connectivity index (χ1n) is 12.7. The van der Waals surface area contributed by atoms with E-state index < -0.39 is 0 Å². The molecule has 0 spiro atoms. The van der Waals surface area contributed by atoms with Crippen LogP contribution in [-0.4, -0.2) is 15.9 Å². The zero-order valence-electron chi connectivity index (χ0n) is 23.9. The van der Waals surface area contributed by atoms with Gasteiger partial charge in [-0.25, -0.2) is 4.98 Å². The number of thiophene rings is 1. The second-order valence-electron chi connectivity index (χ2n) is 11.0. The van der Waals surface area contributed by atoms with Crippen molar-refractivity contribution in [3.8, 4) is 11.6 Å². The van der Waals surface area contributed by atoms with Crippen LogP contribution in [0.25, 0.3) is 10.1 Å². The predicted octanol–water partition coefficient (Wildman–Crippen LogP) is 9.50. The summed E-state index contributed by atoms with van der Waals surface area (Å²) in [7, 11) is 0. The molecular formula is C31H42IrNO3S-. The zero-order chi connectivity index (χ0) is 27.3. The third kappa shape index (κ3) is 9.35. The summed E-state index contributed by atoms with van der Waals surface area (Å²) < 4.78 is 7.07. The molecule has 3 rings (SSSR count). The molecule has 37 heavy (non-hydrogen) atoms. The van der Waals surface area contributed by atoms with Crippen molar-refractivity contribution in [1.29, 1.82) is 0 Å². The van der Waals surface area contributed by atoms with Gasteiger partial charge in [-0.3, -0.25) is 4.79 Å². The number of pyridine rings is 1. The number of aliphatic hydroxyl groups excluding tert-OH is 1. The number of hydrogen-bond acceptors (Lipinski definition) is 5. The molecule has 0 unspecified atom stereocenters. The number of allylic oxidation sites excluding steroid dienone is 2. The molecule has 3 aromatic rings. The van der Waals surface area contributed by atoms with Crippen LogP contribution in [0.2, 0.25) is 0 Å². The molecule has 2 aromatic heterocycles. The Morgan fingerprint density at radius 1 is 1.08 bits per heavy atom. The third-order valence-electron chi connectivity index (χ3n) is 6.70. The molecule has 205 valence electrons. The van der Waals surface area contributed by atoms with Gasteiger partial charge >= 0.3 is 0 Å². The number of benzene rings is 1. The number of aryl methyl sites for hydroxylation is 2. The number of carbonyl (C=O) groups excluding carboxylic acids is 1. The minimum absolute atomic E-state index is 0. The summed E-state index contributed by atoms with van der Waals surface area (Å²) in [5.41, 5.74) is 1.56. The van der Waals surface area contributed by atoms with Crippen molar-refractivity contribution in [2.45, 2.75) is 88.0 Å². The monoisotopic (exact) mass is 701 g/mol. The van der Waals surface area contributed by atoms with Crippen LogP contribution < -0.4 is 4.74 Å². The van der Waals surface area contributed by atoms with Gasteiger partial charge in [0.05, 0.1) is 0 Å². The van der Waals surface area contributed by atoms with Gasteiger partial charge in [0.2, 0.25) is 5.88 Å². The number of aliphatic hydroxyl groups is 1. The number of fused-ring (bicyclic) bond motifs is 1. The molecule has 0 bridgehead atoms. The summed E-state index contributed by atoms with van der Waals surface area (Å²) in [4.78, 5) is 17.6. The maximum absolute atomic E-state index is 11.8. The first-order valence-corrected chi connectivity index (χ1v) is 13.5. The normalized spacial score (nSPS) is 12.1. The summed E-state index contributed by atoms with van der Waals surface area (Å²) in [5, 5.41) is 11.0. The molecule has 4 nitrogen and oxygen atoms in total. The van der Waals surface area contributed by atoms with Crippen molar-refractivity contribution in [1.82, 2.24) is 4.98 Å². The average Bonchev–Trinajstić information content (AvgIpc) is 3.22. The van der Waals surface area contributed by atoms with Crippen LogP contribution in [0.1, 0.15) is 90.2 Å². The standard InChI is InChI=1S/C18H18NOS.C13H24O2.Ir/c1-11(2)16-8-14-10-19-18(9-17(14)21-16)20-15-6-12(3)5-13(4)7-15;1-7-12(3,4)10(14)9-11(15)13(5,6)8-2;/h5-6,8-11H,1-4H3;9,14H,7-8H2,1-6H3;/q-1;;/b;10-9-;. The molecule has 1 aromatic carbocycles. The smallest absolute Gasteiger partial charge is 0.218 e. The Balaban J connectivity index is 0.000000384. The van der Waals surface area contributed by atoms with E-state index in [0.29, 0.717) is 11.8 Å². The van der Waals surface area contributed by atoms with E-state index in [4.69, 9.17) is 4.74 Å². The molecule has 1 radical (unpaired) electrons. The molecule has 0 aliphatic heterocycles. The minimum atomic E-state index is -0.377. The van der Waals surface area contributed by atoms with Crippen LogP contribution in [0.3, 0.4) is 0 Å². The second kappa shape index (κ2) is 13.7. The van der Waals surface area contributed by atoms with Crippen molar-refractivity contribution < 1.29 is 34.7 Å². The Bertz CT molecular complexity index is 1200. The minimum Gasteiger partial charge on any atom is -0.512 e. The Morgan fingerprint density at radius 2 is 1.70 bits per heavy atom. The summed E-state index contributed by atoms with van der Waals surface area (Å²) in [6.45, 7) is 20.1. The maximum atomic E-state index is 11.8. The molecule has 0 atom stereocenters. The molecule has 1 N–H and O–H groups in total. The van der Waals surface area contributed by atoms with Gasteiger partial charge in [-0.2, -0.15) is 17.2 Å². The number of rotatable bonds is 8. The van der Waals surface area contributed by atoms with Crippen LogP contribution in [0, 0.1) is 30.7 Å². The molecule has 0 fully saturated rings. The number of carbonyl (C=O) groups is 1. The van der Waals surface area contributed by atoms with Gasteiger partial charge in [-0.05, 0) is 24.8 Å². The van der Waals surface area contributed by atoms with Gasteiger partial charge < -0.3 is 9.84 Å².